The Balaban J connectivity index is 2.07. The Labute approximate surface area is 82.4 Å². The van der Waals surface area contributed by atoms with Gasteiger partial charge in [0.15, 0.2) is 0 Å². The predicted octanol–water partition coefficient (Wildman–Crippen LogP) is 1.52. The molecule has 3 heterocycles. The maximum atomic E-state index is 4.02. The molecule has 1 saturated heterocycles. The van der Waals surface area contributed by atoms with Gasteiger partial charge >= 0.3 is 0 Å². The van der Waals surface area contributed by atoms with E-state index in [4.69, 9.17) is 0 Å². The van der Waals surface area contributed by atoms with Crippen LogP contribution in [0.25, 0.3) is 5.69 Å². The van der Waals surface area contributed by atoms with Gasteiger partial charge in [-0.3, -0.25) is 4.98 Å². The molecule has 1 atom stereocenters. The minimum Gasteiger partial charge on any atom is -0.319 e. The first-order valence-corrected chi connectivity index (χ1v) is 4.76. The number of pyridine rings is 1. The highest BCUT2D eigenvalue weighted by molar-refractivity contribution is 5.35. The summed E-state index contributed by atoms with van der Waals surface area (Å²) in [6.45, 7) is 1.09. The molecule has 0 radical (unpaired) electrons. The smallest absolute Gasteiger partial charge is 0.0606 e. The van der Waals surface area contributed by atoms with E-state index in [-0.39, 0.29) is 0 Å². The first-order chi connectivity index (χ1) is 6.95. The standard InChI is InChI=1S/C11H11N3/c1-2-11(10-8-13-10)14(7-1)9-3-5-12-6-4-9/h1-7,10,13H,8H2/t10-/m1/s1. The molecule has 3 heteroatoms. The fraction of sp³-hybridized carbons (Fsp3) is 0.182. The summed E-state index contributed by atoms with van der Waals surface area (Å²) in [5, 5.41) is 3.31. The minimum absolute atomic E-state index is 0.540. The van der Waals surface area contributed by atoms with Crippen LogP contribution in [-0.2, 0) is 0 Å². The van der Waals surface area contributed by atoms with E-state index < -0.39 is 0 Å². The average Bonchev–Trinajstić information content (AvgIpc) is 2.98. The molecule has 0 aliphatic carbocycles. The molecule has 1 aliphatic heterocycles. The molecule has 2 aromatic rings. The second-order valence-electron chi connectivity index (χ2n) is 3.47. The first-order valence-electron chi connectivity index (χ1n) is 4.76. The zero-order valence-corrected chi connectivity index (χ0v) is 7.72. The maximum absolute atomic E-state index is 4.02. The Morgan fingerprint density at radius 1 is 1.29 bits per heavy atom. The van der Waals surface area contributed by atoms with Gasteiger partial charge in [-0.05, 0) is 24.3 Å². The number of hydrogen-bond acceptors (Lipinski definition) is 2. The summed E-state index contributed by atoms with van der Waals surface area (Å²) in [5.74, 6) is 0. The molecule has 3 rings (SSSR count). The lowest BCUT2D eigenvalue weighted by Gasteiger charge is -2.06. The van der Waals surface area contributed by atoms with Crippen LogP contribution in [0.5, 0.6) is 0 Å². The lowest BCUT2D eigenvalue weighted by atomic mass is 10.3. The maximum Gasteiger partial charge on any atom is 0.0606 e. The van der Waals surface area contributed by atoms with Crippen LogP contribution in [0, 0.1) is 0 Å². The minimum atomic E-state index is 0.540. The van der Waals surface area contributed by atoms with E-state index in [1.807, 2.05) is 24.5 Å². The summed E-state index contributed by atoms with van der Waals surface area (Å²) >= 11 is 0. The monoisotopic (exact) mass is 185 g/mol. The Morgan fingerprint density at radius 3 is 2.79 bits per heavy atom. The van der Waals surface area contributed by atoms with Crippen LogP contribution >= 0.6 is 0 Å². The second-order valence-corrected chi connectivity index (χ2v) is 3.47. The van der Waals surface area contributed by atoms with E-state index in [0.717, 1.165) is 6.54 Å². The van der Waals surface area contributed by atoms with Crippen molar-refractivity contribution in [3.8, 4) is 5.69 Å². The molecule has 0 spiro atoms. The van der Waals surface area contributed by atoms with Crippen molar-refractivity contribution in [1.29, 1.82) is 0 Å². The SMILES string of the molecule is c1cc([C@H]2CN2)n(-c2ccncc2)c1. The molecule has 3 nitrogen and oxygen atoms in total. The molecule has 0 saturated carbocycles. The third kappa shape index (κ3) is 1.22. The summed E-state index contributed by atoms with van der Waals surface area (Å²) in [7, 11) is 0. The van der Waals surface area contributed by atoms with Crippen molar-refractivity contribution in [2.75, 3.05) is 6.54 Å². The number of rotatable bonds is 2. The van der Waals surface area contributed by atoms with Crippen molar-refractivity contribution in [3.05, 3.63) is 48.5 Å². The Kier molecular flexibility index (Phi) is 1.64. The average molecular weight is 185 g/mol. The van der Waals surface area contributed by atoms with Gasteiger partial charge in [-0.25, -0.2) is 0 Å². The highest BCUT2D eigenvalue weighted by Crippen LogP contribution is 2.24. The van der Waals surface area contributed by atoms with Crippen molar-refractivity contribution in [1.82, 2.24) is 14.9 Å². The van der Waals surface area contributed by atoms with Gasteiger partial charge in [0, 0.05) is 36.5 Å². The molecule has 0 bridgehead atoms. The summed E-state index contributed by atoms with van der Waals surface area (Å²) in [4.78, 5) is 4.02. The summed E-state index contributed by atoms with van der Waals surface area (Å²) in [6, 6.07) is 8.82. The quantitative estimate of drug-likeness (QED) is 0.720. The van der Waals surface area contributed by atoms with Crippen LogP contribution in [-0.4, -0.2) is 16.1 Å². The lowest BCUT2D eigenvalue weighted by Crippen LogP contribution is -1.98. The second kappa shape index (κ2) is 2.96. The molecule has 0 unspecified atom stereocenters. The number of aromatic nitrogens is 2. The zero-order valence-electron chi connectivity index (χ0n) is 7.72. The van der Waals surface area contributed by atoms with Gasteiger partial charge in [0.25, 0.3) is 0 Å². The van der Waals surface area contributed by atoms with Gasteiger partial charge in [-0.1, -0.05) is 0 Å². The van der Waals surface area contributed by atoms with Crippen molar-refractivity contribution < 1.29 is 0 Å². The zero-order chi connectivity index (χ0) is 9.38. The normalized spacial score (nSPS) is 19.6. The molecule has 14 heavy (non-hydrogen) atoms. The molecule has 0 aromatic carbocycles. The van der Waals surface area contributed by atoms with Crippen LogP contribution in [0.3, 0.4) is 0 Å². The van der Waals surface area contributed by atoms with Crippen LogP contribution in [0.4, 0.5) is 0 Å². The lowest BCUT2D eigenvalue weighted by molar-refractivity contribution is 0.910. The van der Waals surface area contributed by atoms with Gasteiger partial charge in [-0.2, -0.15) is 0 Å². The summed E-state index contributed by atoms with van der Waals surface area (Å²) < 4.78 is 2.20. The van der Waals surface area contributed by atoms with E-state index in [0.29, 0.717) is 6.04 Å². The van der Waals surface area contributed by atoms with Crippen LogP contribution in [0.1, 0.15) is 11.7 Å². The topological polar surface area (TPSA) is 39.8 Å². The Hall–Kier alpha value is -1.61. The highest BCUT2D eigenvalue weighted by Gasteiger charge is 2.25. The van der Waals surface area contributed by atoms with Crippen LogP contribution in [0.15, 0.2) is 42.9 Å². The van der Waals surface area contributed by atoms with E-state index in [9.17, 15) is 0 Å². The predicted molar refractivity (Wildman–Crippen MR) is 54.3 cm³/mol. The molecule has 2 aromatic heterocycles. The third-order valence-corrected chi connectivity index (χ3v) is 2.49. The largest absolute Gasteiger partial charge is 0.319 e. The van der Waals surface area contributed by atoms with E-state index in [1.54, 1.807) is 0 Å². The van der Waals surface area contributed by atoms with Crippen molar-refractivity contribution >= 4 is 0 Å². The highest BCUT2D eigenvalue weighted by atomic mass is 15.1. The molecule has 1 N–H and O–H groups in total. The molecular weight excluding hydrogens is 174 g/mol. The van der Waals surface area contributed by atoms with Gasteiger partial charge in [0.2, 0.25) is 0 Å². The fourth-order valence-corrected chi connectivity index (χ4v) is 1.69. The van der Waals surface area contributed by atoms with E-state index >= 15 is 0 Å². The Bertz CT molecular complexity index is 429. The number of hydrogen-bond donors (Lipinski definition) is 1. The fourth-order valence-electron chi connectivity index (χ4n) is 1.69. The van der Waals surface area contributed by atoms with Gasteiger partial charge in [0.05, 0.1) is 6.04 Å². The summed E-state index contributed by atoms with van der Waals surface area (Å²) in [5.41, 5.74) is 2.50. The van der Waals surface area contributed by atoms with Crippen molar-refractivity contribution in [2.24, 2.45) is 0 Å². The first kappa shape index (κ1) is 7.76. The third-order valence-electron chi connectivity index (χ3n) is 2.49. The van der Waals surface area contributed by atoms with Gasteiger partial charge in [-0.15, -0.1) is 0 Å². The molecule has 70 valence electrons. The number of nitrogens with zero attached hydrogens (tertiary/aromatic N) is 2. The van der Waals surface area contributed by atoms with Gasteiger partial charge < -0.3 is 9.88 Å². The summed E-state index contributed by atoms with van der Waals surface area (Å²) in [6.07, 6.45) is 5.73. The van der Waals surface area contributed by atoms with E-state index in [1.165, 1.54) is 11.4 Å². The number of nitrogens with one attached hydrogen (secondary N) is 1. The molecule has 1 fully saturated rings. The molecular formula is C11H11N3. The van der Waals surface area contributed by atoms with Crippen LogP contribution in [0.2, 0.25) is 0 Å². The van der Waals surface area contributed by atoms with Crippen molar-refractivity contribution in [2.45, 2.75) is 6.04 Å². The van der Waals surface area contributed by atoms with Crippen molar-refractivity contribution in [3.63, 3.8) is 0 Å². The molecule has 1 aliphatic rings. The molecule has 0 amide bonds. The Morgan fingerprint density at radius 2 is 2.07 bits per heavy atom. The van der Waals surface area contributed by atoms with Gasteiger partial charge in [0.1, 0.15) is 0 Å². The van der Waals surface area contributed by atoms with Crippen LogP contribution < -0.4 is 5.32 Å². The van der Waals surface area contributed by atoms with E-state index in [2.05, 4.69) is 33.2 Å².